The van der Waals surface area contributed by atoms with E-state index in [4.69, 9.17) is 11.1 Å². The SMILES string of the molecule is N=C(N)c1cc(SC2CCCCC2)ccc1C(F)(F)F. The van der Waals surface area contributed by atoms with E-state index >= 15 is 0 Å². The van der Waals surface area contributed by atoms with Crippen molar-refractivity contribution in [2.75, 3.05) is 0 Å². The van der Waals surface area contributed by atoms with Crippen LogP contribution in [-0.4, -0.2) is 11.1 Å². The van der Waals surface area contributed by atoms with E-state index < -0.39 is 17.6 Å². The Labute approximate surface area is 120 Å². The van der Waals surface area contributed by atoms with Gasteiger partial charge < -0.3 is 5.73 Å². The Morgan fingerprint density at radius 3 is 2.40 bits per heavy atom. The summed E-state index contributed by atoms with van der Waals surface area (Å²) in [6.45, 7) is 0. The number of hydrogen-bond acceptors (Lipinski definition) is 2. The summed E-state index contributed by atoms with van der Waals surface area (Å²) in [6.07, 6.45) is 1.32. The molecule has 1 aliphatic rings. The van der Waals surface area contributed by atoms with Crippen LogP contribution >= 0.6 is 11.8 Å². The second-order valence-corrected chi connectivity index (χ2v) is 6.37. The molecule has 3 N–H and O–H groups in total. The Balaban J connectivity index is 2.23. The van der Waals surface area contributed by atoms with E-state index in [2.05, 4.69) is 0 Å². The molecule has 1 saturated carbocycles. The minimum Gasteiger partial charge on any atom is -0.384 e. The lowest BCUT2D eigenvalue weighted by molar-refractivity contribution is -0.137. The average Bonchev–Trinajstić information content (AvgIpc) is 2.38. The molecular formula is C14H17F3N2S. The molecule has 110 valence electrons. The van der Waals surface area contributed by atoms with Crippen LogP contribution in [0.3, 0.4) is 0 Å². The standard InChI is InChI=1S/C14H17F3N2S/c15-14(16,17)12-7-6-10(8-11(12)13(18)19)20-9-4-2-1-3-5-9/h6-9H,1-5H2,(H3,18,19). The molecule has 0 aromatic heterocycles. The number of amidine groups is 1. The van der Waals surface area contributed by atoms with Gasteiger partial charge in [0.2, 0.25) is 0 Å². The fourth-order valence-corrected chi connectivity index (χ4v) is 3.73. The Morgan fingerprint density at radius 2 is 1.85 bits per heavy atom. The highest BCUT2D eigenvalue weighted by Crippen LogP contribution is 2.37. The van der Waals surface area contributed by atoms with Crippen LogP contribution in [0.25, 0.3) is 0 Å². The molecule has 0 heterocycles. The first-order valence-electron chi connectivity index (χ1n) is 6.60. The summed E-state index contributed by atoms with van der Waals surface area (Å²) in [5.41, 5.74) is 4.23. The molecular weight excluding hydrogens is 285 g/mol. The van der Waals surface area contributed by atoms with Crippen molar-refractivity contribution in [2.45, 2.75) is 48.4 Å². The molecule has 1 aromatic rings. The van der Waals surface area contributed by atoms with E-state index in [0.29, 0.717) is 5.25 Å². The van der Waals surface area contributed by atoms with Gasteiger partial charge in [0.25, 0.3) is 0 Å². The number of nitrogens with one attached hydrogen (secondary N) is 1. The summed E-state index contributed by atoms with van der Waals surface area (Å²) in [5.74, 6) is -0.539. The second-order valence-electron chi connectivity index (χ2n) is 5.00. The third-order valence-electron chi connectivity index (χ3n) is 3.44. The number of hydrogen-bond donors (Lipinski definition) is 2. The summed E-state index contributed by atoms with van der Waals surface area (Å²) >= 11 is 1.60. The van der Waals surface area contributed by atoms with Crippen LogP contribution < -0.4 is 5.73 Å². The lowest BCUT2D eigenvalue weighted by atomic mass is 10.0. The topological polar surface area (TPSA) is 49.9 Å². The molecule has 6 heteroatoms. The molecule has 0 spiro atoms. The molecule has 0 bridgehead atoms. The van der Waals surface area contributed by atoms with Gasteiger partial charge in [-0.05, 0) is 31.0 Å². The Bertz CT molecular complexity index is 494. The quantitative estimate of drug-likeness (QED) is 0.641. The molecule has 2 nitrogen and oxygen atoms in total. The largest absolute Gasteiger partial charge is 0.417 e. The van der Waals surface area contributed by atoms with Gasteiger partial charge in [-0.15, -0.1) is 11.8 Å². The molecule has 0 saturated heterocycles. The van der Waals surface area contributed by atoms with Crippen molar-refractivity contribution in [3.8, 4) is 0 Å². The third-order valence-corrected chi connectivity index (χ3v) is 4.77. The van der Waals surface area contributed by atoms with Crippen LogP contribution in [0.2, 0.25) is 0 Å². The number of rotatable bonds is 3. The molecule has 1 fully saturated rings. The monoisotopic (exact) mass is 302 g/mol. The molecule has 0 amide bonds. The zero-order valence-electron chi connectivity index (χ0n) is 11.0. The fraction of sp³-hybridized carbons (Fsp3) is 0.500. The zero-order chi connectivity index (χ0) is 14.8. The fourth-order valence-electron chi connectivity index (χ4n) is 2.44. The van der Waals surface area contributed by atoms with Crippen molar-refractivity contribution in [3.05, 3.63) is 29.3 Å². The molecule has 2 rings (SSSR count). The van der Waals surface area contributed by atoms with Crippen molar-refractivity contribution in [1.82, 2.24) is 0 Å². The van der Waals surface area contributed by atoms with E-state index in [1.807, 2.05) is 0 Å². The molecule has 0 unspecified atom stereocenters. The van der Waals surface area contributed by atoms with Gasteiger partial charge in [-0.25, -0.2) is 0 Å². The molecule has 1 aromatic carbocycles. The predicted octanol–water partition coefficient (Wildman–Crippen LogP) is 4.41. The lowest BCUT2D eigenvalue weighted by Crippen LogP contribution is -2.19. The van der Waals surface area contributed by atoms with E-state index in [1.165, 1.54) is 31.4 Å². The van der Waals surface area contributed by atoms with E-state index in [0.717, 1.165) is 23.8 Å². The lowest BCUT2D eigenvalue weighted by Gasteiger charge is -2.21. The first-order valence-corrected chi connectivity index (χ1v) is 7.48. The number of benzene rings is 1. The van der Waals surface area contributed by atoms with Crippen LogP contribution in [0, 0.1) is 5.41 Å². The van der Waals surface area contributed by atoms with Gasteiger partial charge >= 0.3 is 6.18 Å². The zero-order valence-corrected chi connectivity index (χ0v) is 11.8. The highest BCUT2D eigenvalue weighted by atomic mass is 32.2. The van der Waals surface area contributed by atoms with Gasteiger partial charge in [-0.3, -0.25) is 5.41 Å². The number of alkyl halides is 3. The van der Waals surface area contributed by atoms with Crippen LogP contribution in [0.1, 0.15) is 43.2 Å². The van der Waals surface area contributed by atoms with Crippen molar-refractivity contribution in [1.29, 1.82) is 5.41 Å². The molecule has 0 radical (unpaired) electrons. The van der Waals surface area contributed by atoms with Crippen LogP contribution in [0.4, 0.5) is 13.2 Å². The molecule has 0 aliphatic heterocycles. The van der Waals surface area contributed by atoms with Gasteiger partial charge in [0.1, 0.15) is 5.84 Å². The number of nitrogens with two attached hydrogens (primary N) is 1. The molecule has 20 heavy (non-hydrogen) atoms. The number of halogens is 3. The predicted molar refractivity (Wildman–Crippen MR) is 75.2 cm³/mol. The van der Waals surface area contributed by atoms with Gasteiger partial charge in [0.15, 0.2) is 0 Å². The van der Waals surface area contributed by atoms with Crippen LogP contribution in [0.5, 0.6) is 0 Å². The Hall–Kier alpha value is -1.17. The van der Waals surface area contributed by atoms with E-state index in [-0.39, 0.29) is 5.56 Å². The van der Waals surface area contributed by atoms with E-state index in [1.54, 1.807) is 11.8 Å². The highest BCUT2D eigenvalue weighted by molar-refractivity contribution is 8.00. The maximum atomic E-state index is 12.8. The smallest absolute Gasteiger partial charge is 0.384 e. The van der Waals surface area contributed by atoms with Gasteiger partial charge in [0.05, 0.1) is 5.56 Å². The number of nitrogen functional groups attached to an aromatic ring is 1. The Kier molecular flexibility index (Phi) is 4.62. The first-order chi connectivity index (χ1) is 9.38. The van der Waals surface area contributed by atoms with Crippen molar-refractivity contribution in [2.24, 2.45) is 5.73 Å². The van der Waals surface area contributed by atoms with Gasteiger partial charge in [-0.2, -0.15) is 13.2 Å². The van der Waals surface area contributed by atoms with Gasteiger partial charge in [0, 0.05) is 15.7 Å². The van der Waals surface area contributed by atoms with Crippen molar-refractivity contribution >= 4 is 17.6 Å². The minimum atomic E-state index is -4.48. The summed E-state index contributed by atoms with van der Waals surface area (Å²) < 4.78 is 38.5. The van der Waals surface area contributed by atoms with E-state index in [9.17, 15) is 13.2 Å². The van der Waals surface area contributed by atoms with Crippen molar-refractivity contribution in [3.63, 3.8) is 0 Å². The maximum Gasteiger partial charge on any atom is 0.417 e. The summed E-state index contributed by atoms with van der Waals surface area (Å²) in [6, 6.07) is 3.90. The van der Waals surface area contributed by atoms with Gasteiger partial charge in [-0.1, -0.05) is 19.3 Å². The highest BCUT2D eigenvalue weighted by Gasteiger charge is 2.34. The Morgan fingerprint density at radius 1 is 1.20 bits per heavy atom. The average molecular weight is 302 g/mol. The maximum absolute atomic E-state index is 12.8. The molecule has 0 atom stereocenters. The van der Waals surface area contributed by atoms with Crippen LogP contribution in [0.15, 0.2) is 23.1 Å². The first kappa shape index (κ1) is 15.2. The summed E-state index contributed by atoms with van der Waals surface area (Å²) in [4.78, 5) is 0.759. The molecule has 1 aliphatic carbocycles. The van der Waals surface area contributed by atoms with Crippen molar-refractivity contribution < 1.29 is 13.2 Å². The second kappa shape index (κ2) is 6.08. The summed E-state index contributed by atoms with van der Waals surface area (Å²) in [7, 11) is 0. The minimum absolute atomic E-state index is 0.224. The normalized spacial score (nSPS) is 17.1. The number of thioether (sulfide) groups is 1. The van der Waals surface area contributed by atoms with Crippen LogP contribution in [-0.2, 0) is 6.18 Å². The summed E-state index contributed by atoms with van der Waals surface area (Å²) in [5, 5.41) is 7.80. The third kappa shape index (κ3) is 3.69.